The molecule has 55 heavy (non-hydrogen) atoms. The molecule has 2 atom stereocenters. The van der Waals surface area contributed by atoms with Gasteiger partial charge < -0.3 is 30.7 Å². The molecular weight excluding hydrogens is 693 g/mol. The molecule has 10 heteroatoms. The third kappa shape index (κ3) is 9.89. The molecule has 0 aromatic heterocycles. The van der Waals surface area contributed by atoms with Crippen LogP contribution in [-0.4, -0.2) is 41.2 Å². The molecule has 10 nitrogen and oxygen atoms in total. The lowest BCUT2D eigenvalue weighted by Gasteiger charge is -2.28. The van der Waals surface area contributed by atoms with Gasteiger partial charge >= 0.3 is 12.2 Å². The molecule has 284 valence electrons. The van der Waals surface area contributed by atoms with E-state index in [1.165, 1.54) is 0 Å². The van der Waals surface area contributed by atoms with Crippen molar-refractivity contribution in [1.29, 1.82) is 0 Å². The van der Waals surface area contributed by atoms with Gasteiger partial charge in [0, 0.05) is 12.2 Å². The van der Waals surface area contributed by atoms with Gasteiger partial charge in [0.1, 0.15) is 23.8 Å². The van der Waals surface area contributed by atoms with Crippen LogP contribution in [0.3, 0.4) is 0 Å². The van der Waals surface area contributed by atoms with Gasteiger partial charge in [-0.1, -0.05) is 109 Å². The molecule has 4 N–H and O–H groups in total. The zero-order chi connectivity index (χ0) is 39.2. The summed E-state index contributed by atoms with van der Waals surface area (Å²) in [6.45, 7) is 9.01. The number of fused-ring (bicyclic) bond motifs is 3. The minimum atomic E-state index is -1.37. The molecule has 1 aliphatic rings. The number of carbonyl (C=O) groups is 4. The van der Waals surface area contributed by atoms with Crippen LogP contribution < -0.4 is 21.3 Å². The highest BCUT2D eigenvalue weighted by atomic mass is 16.6. The number of benzene rings is 5. The predicted molar refractivity (Wildman–Crippen MR) is 214 cm³/mol. The summed E-state index contributed by atoms with van der Waals surface area (Å²) < 4.78 is 10.8. The minimum absolute atomic E-state index is 0.0576. The predicted octanol–water partition coefficient (Wildman–Crippen LogP) is 8.39. The molecular formula is C45H48N4O6. The van der Waals surface area contributed by atoms with Crippen molar-refractivity contribution < 1.29 is 28.7 Å². The number of carbonyl (C=O) groups excluding carboxylic acids is 4. The molecule has 5 aromatic rings. The average molecular weight is 741 g/mol. The Morgan fingerprint density at radius 2 is 1.45 bits per heavy atom. The molecule has 1 unspecified atom stereocenters. The van der Waals surface area contributed by atoms with Gasteiger partial charge in [-0.3, -0.25) is 9.59 Å². The van der Waals surface area contributed by atoms with E-state index in [2.05, 4.69) is 51.6 Å². The highest BCUT2D eigenvalue weighted by Gasteiger charge is 2.37. The van der Waals surface area contributed by atoms with E-state index >= 15 is 0 Å². The molecule has 0 saturated heterocycles. The lowest BCUT2D eigenvalue weighted by Crippen LogP contribution is -2.58. The van der Waals surface area contributed by atoms with E-state index < -0.39 is 35.3 Å². The van der Waals surface area contributed by atoms with Crippen molar-refractivity contribution in [3.05, 3.63) is 138 Å². The van der Waals surface area contributed by atoms with Crippen molar-refractivity contribution in [3.63, 3.8) is 0 Å². The van der Waals surface area contributed by atoms with Gasteiger partial charge in [0.05, 0.1) is 0 Å². The van der Waals surface area contributed by atoms with Gasteiger partial charge in [0.25, 0.3) is 0 Å². The largest absolute Gasteiger partial charge is 0.445 e. The second-order valence-electron chi connectivity index (χ2n) is 15.4. The first-order valence-electron chi connectivity index (χ1n) is 18.5. The minimum Gasteiger partial charge on any atom is -0.445 e. The summed E-state index contributed by atoms with van der Waals surface area (Å²) in [6.07, 6.45) is -0.291. The van der Waals surface area contributed by atoms with E-state index in [4.69, 9.17) is 9.47 Å². The van der Waals surface area contributed by atoms with Crippen LogP contribution in [0.15, 0.2) is 115 Å². The quantitative estimate of drug-likeness (QED) is 0.114. The van der Waals surface area contributed by atoms with Crippen molar-refractivity contribution in [3.8, 4) is 11.1 Å². The standard InChI is InChI=1S/C45H48N4O6/c1-44(2,3)55-42(52)46-27-33-16-10-11-17-35(33)32-21-19-29(20-22-32)25-34-26-38(40(50)47-37-24-23-31-15-9-12-18-36(31)39(34)37)48-41(51)45(4,5)49-43(53)54-28-30-13-7-6-8-14-30/h6-24,34,38H,25-28H2,1-5H3,(H,46,52)(H,47,50)(H,48,51)(H,49,53)/t34?,38-/m1/s1. The molecule has 0 spiro atoms. The zero-order valence-corrected chi connectivity index (χ0v) is 31.9. The average Bonchev–Trinajstić information content (AvgIpc) is 3.28. The smallest absolute Gasteiger partial charge is 0.408 e. The topological polar surface area (TPSA) is 135 Å². The van der Waals surface area contributed by atoms with E-state index in [9.17, 15) is 19.2 Å². The van der Waals surface area contributed by atoms with Crippen molar-refractivity contribution in [1.82, 2.24) is 16.0 Å². The number of amides is 4. The third-order valence-electron chi connectivity index (χ3n) is 9.56. The van der Waals surface area contributed by atoms with Crippen LogP contribution in [0.2, 0.25) is 0 Å². The van der Waals surface area contributed by atoms with Crippen LogP contribution in [0.25, 0.3) is 21.9 Å². The number of rotatable bonds is 10. The number of anilines is 1. The zero-order valence-electron chi connectivity index (χ0n) is 31.9. The first-order valence-corrected chi connectivity index (χ1v) is 18.5. The maximum Gasteiger partial charge on any atom is 0.408 e. The Morgan fingerprint density at radius 1 is 0.764 bits per heavy atom. The van der Waals surface area contributed by atoms with Crippen LogP contribution in [0.1, 0.15) is 69.2 Å². The molecule has 0 fully saturated rings. The Balaban J connectivity index is 1.21. The first-order chi connectivity index (χ1) is 26.3. The molecule has 0 saturated carbocycles. The summed E-state index contributed by atoms with van der Waals surface area (Å²) in [7, 11) is 0. The maximum absolute atomic E-state index is 13.8. The van der Waals surface area contributed by atoms with E-state index in [0.717, 1.165) is 44.2 Å². The highest BCUT2D eigenvalue weighted by Crippen LogP contribution is 2.40. The lowest BCUT2D eigenvalue weighted by atomic mass is 9.83. The fourth-order valence-corrected chi connectivity index (χ4v) is 6.84. The normalized spacial score (nSPS) is 15.5. The van der Waals surface area contributed by atoms with Gasteiger partial charge in [0.2, 0.25) is 11.8 Å². The molecule has 6 rings (SSSR count). The van der Waals surface area contributed by atoms with Crippen molar-refractivity contribution in [2.45, 2.75) is 83.7 Å². The lowest BCUT2D eigenvalue weighted by molar-refractivity contribution is -0.130. The molecule has 0 aliphatic carbocycles. The second kappa shape index (κ2) is 16.5. The Hall–Kier alpha value is -6.16. The second-order valence-corrected chi connectivity index (χ2v) is 15.4. The Labute approximate surface area is 322 Å². The first kappa shape index (κ1) is 38.6. The molecule has 0 bridgehead atoms. The van der Waals surface area contributed by atoms with Crippen LogP contribution in [0.4, 0.5) is 15.3 Å². The highest BCUT2D eigenvalue weighted by molar-refractivity contribution is 6.03. The van der Waals surface area contributed by atoms with Gasteiger partial charge in [-0.15, -0.1) is 0 Å². The molecule has 1 heterocycles. The monoisotopic (exact) mass is 740 g/mol. The van der Waals surface area contributed by atoms with E-state index in [-0.39, 0.29) is 18.4 Å². The summed E-state index contributed by atoms with van der Waals surface area (Å²) in [6, 6.07) is 36.6. The van der Waals surface area contributed by atoms with Crippen LogP contribution in [-0.2, 0) is 38.6 Å². The van der Waals surface area contributed by atoms with Crippen molar-refractivity contribution >= 4 is 40.5 Å². The van der Waals surface area contributed by atoms with E-state index in [1.807, 2.05) is 106 Å². The summed E-state index contributed by atoms with van der Waals surface area (Å²) in [5.74, 6) is -1.00. The number of alkyl carbamates (subject to hydrolysis) is 2. The van der Waals surface area contributed by atoms with E-state index in [0.29, 0.717) is 25.1 Å². The van der Waals surface area contributed by atoms with Gasteiger partial charge in [-0.2, -0.15) is 0 Å². The molecule has 4 amide bonds. The molecule has 5 aromatic carbocycles. The van der Waals surface area contributed by atoms with Gasteiger partial charge in [0.15, 0.2) is 0 Å². The Kier molecular flexibility index (Phi) is 11.5. The number of hydrogen-bond donors (Lipinski definition) is 4. The number of nitrogens with one attached hydrogen (secondary N) is 4. The molecule has 1 aliphatic heterocycles. The van der Waals surface area contributed by atoms with E-state index in [1.54, 1.807) is 13.8 Å². The van der Waals surface area contributed by atoms with Crippen molar-refractivity contribution in [2.75, 3.05) is 5.32 Å². The van der Waals surface area contributed by atoms with Crippen LogP contribution in [0, 0.1) is 0 Å². The van der Waals surface area contributed by atoms with Crippen molar-refractivity contribution in [2.24, 2.45) is 0 Å². The number of hydrogen-bond acceptors (Lipinski definition) is 6. The van der Waals surface area contributed by atoms with Crippen LogP contribution >= 0.6 is 0 Å². The number of ether oxygens (including phenoxy) is 2. The third-order valence-corrected chi connectivity index (χ3v) is 9.56. The SMILES string of the molecule is CC(C)(C)OC(=O)NCc1ccccc1-c1ccc(CC2C[C@@H](NC(=O)C(C)(C)NC(=O)OCc3ccccc3)C(=O)Nc3ccc4ccccc4c32)cc1. The summed E-state index contributed by atoms with van der Waals surface area (Å²) in [4.78, 5) is 52.6. The van der Waals surface area contributed by atoms with Gasteiger partial charge in [-0.25, -0.2) is 9.59 Å². The summed E-state index contributed by atoms with van der Waals surface area (Å²) in [5.41, 5.74) is 4.57. The maximum atomic E-state index is 13.8. The fourth-order valence-electron chi connectivity index (χ4n) is 6.84. The Bertz CT molecular complexity index is 2180. The summed E-state index contributed by atoms with van der Waals surface area (Å²) >= 11 is 0. The van der Waals surface area contributed by atoms with Crippen LogP contribution in [0.5, 0.6) is 0 Å². The Morgan fingerprint density at radius 3 is 2.20 bits per heavy atom. The molecule has 0 radical (unpaired) electrons. The summed E-state index contributed by atoms with van der Waals surface area (Å²) in [5, 5.41) is 13.6. The van der Waals surface area contributed by atoms with Gasteiger partial charge in [-0.05, 0) is 104 Å². The fraction of sp³-hybridized carbons (Fsp3) is 0.289.